The lowest BCUT2D eigenvalue weighted by Gasteiger charge is -2.34. The van der Waals surface area contributed by atoms with Crippen LogP contribution in [0.3, 0.4) is 0 Å². The molecule has 2 aliphatic rings. The van der Waals surface area contributed by atoms with Crippen molar-refractivity contribution in [1.82, 2.24) is 14.9 Å². The van der Waals surface area contributed by atoms with Gasteiger partial charge in [-0.25, -0.2) is 4.98 Å². The molecule has 0 radical (unpaired) electrons. The second-order valence-corrected chi connectivity index (χ2v) is 5.87. The normalized spacial score (nSPS) is 25.6. The molecule has 3 rings (SSSR count). The summed E-state index contributed by atoms with van der Waals surface area (Å²) in [4.78, 5) is 24.9. The van der Waals surface area contributed by atoms with Gasteiger partial charge in [0.25, 0.3) is 0 Å². The Morgan fingerprint density at radius 2 is 2.15 bits per heavy atom. The van der Waals surface area contributed by atoms with Gasteiger partial charge in [-0.1, -0.05) is 6.92 Å². The fourth-order valence-corrected chi connectivity index (χ4v) is 3.41. The highest BCUT2D eigenvalue weighted by atomic mass is 16.2. The average molecular weight is 274 g/mol. The highest BCUT2D eigenvalue weighted by Crippen LogP contribution is 2.32. The summed E-state index contributed by atoms with van der Waals surface area (Å²) >= 11 is 0. The van der Waals surface area contributed by atoms with E-state index in [9.17, 15) is 4.79 Å². The highest BCUT2D eigenvalue weighted by Gasteiger charge is 2.38. The molecule has 0 saturated carbocycles. The summed E-state index contributed by atoms with van der Waals surface area (Å²) in [5.74, 6) is 2.55. The Bertz CT molecular complexity index is 464. The van der Waals surface area contributed by atoms with Gasteiger partial charge in [0.05, 0.1) is 6.20 Å². The van der Waals surface area contributed by atoms with Crippen molar-refractivity contribution in [2.24, 2.45) is 11.8 Å². The van der Waals surface area contributed by atoms with Crippen LogP contribution in [0.25, 0.3) is 0 Å². The molecule has 2 fully saturated rings. The molecule has 108 valence electrons. The maximum atomic E-state index is 12.0. The molecule has 0 unspecified atom stereocenters. The molecule has 3 heterocycles. The van der Waals surface area contributed by atoms with Crippen LogP contribution in [0.15, 0.2) is 18.6 Å². The quantitative estimate of drug-likeness (QED) is 0.839. The number of fused-ring (bicyclic) bond motifs is 1. The van der Waals surface area contributed by atoms with Gasteiger partial charge < -0.3 is 9.80 Å². The molecule has 0 N–H and O–H groups in total. The minimum Gasteiger partial charge on any atom is -0.355 e. The molecular formula is C15H22N4O. The number of nitrogens with zero attached hydrogens (tertiary/aromatic N) is 4. The van der Waals surface area contributed by atoms with Gasteiger partial charge in [-0.2, -0.15) is 0 Å². The molecule has 2 saturated heterocycles. The van der Waals surface area contributed by atoms with Crippen molar-refractivity contribution in [2.45, 2.75) is 26.2 Å². The van der Waals surface area contributed by atoms with Gasteiger partial charge in [-0.15, -0.1) is 0 Å². The van der Waals surface area contributed by atoms with Crippen LogP contribution in [0.2, 0.25) is 0 Å². The number of carbonyl (C=O) groups is 1. The largest absolute Gasteiger partial charge is 0.355 e. The summed E-state index contributed by atoms with van der Waals surface area (Å²) < 4.78 is 0. The summed E-state index contributed by atoms with van der Waals surface area (Å²) in [5, 5.41) is 0. The molecule has 5 nitrogen and oxygen atoms in total. The Morgan fingerprint density at radius 1 is 1.30 bits per heavy atom. The molecular weight excluding hydrogens is 252 g/mol. The first-order chi connectivity index (χ1) is 9.78. The Labute approximate surface area is 120 Å². The minimum absolute atomic E-state index is 0.327. The zero-order valence-corrected chi connectivity index (χ0v) is 12.0. The lowest BCUT2D eigenvalue weighted by molar-refractivity contribution is -0.130. The molecule has 0 aliphatic carbocycles. The van der Waals surface area contributed by atoms with Crippen molar-refractivity contribution in [3.05, 3.63) is 18.6 Å². The van der Waals surface area contributed by atoms with Gasteiger partial charge in [-0.05, 0) is 24.7 Å². The number of likely N-dealkylation sites (tertiary alicyclic amines) is 1. The number of aromatic nitrogens is 2. The van der Waals surface area contributed by atoms with E-state index >= 15 is 0 Å². The fraction of sp³-hybridized carbons (Fsp3) is 0.667. The maximum absolute atomic E-state index is 12.0. The predicted molar refractivity (Wildman–Crippen MR) is 77.3 cm³/mol. The van der Waals surface area contributed by atoms with Gasteiger partial charge in [0.1, 0.15) is 5.82 Å². The fourth-order valence-electron chi connectivity index (χ4n) is 3.41. The van der Waals surface area contributed by atoms with Gasteiger partial charge >= 0.3 is 0 Å². The Kier molecular flexibility index (Phi) is 3.85. The van der Waals surface area contributed by atoms with E-state index in [1.54, 1.807) is 12.4 Å². The van der Waals surface area contributed by atoms with E-state index in [1.165, 1.54) is 0 Å². The van der Waals surface area contributed by atoms with E-state index in [1.807, 2.05) is 6.20 Å². The smallest absolute Gasteiger partial charge is 0.222 e. The van der Waals surface area contributed by atoms with Crippen LogP contribution in [0.4, 0.5) is 5.82 Å². The summed E-state index contributed by atoms with van der Waals surface area (Å²) in [6, 6.07) is 0. The van der Waals surface area contributed by atoms with Gasteiger partial charge in [0.2, 0.25) is 5.91 Å². The number of hydrogen-bond donors (Lipinski definition) is 0. The van der Waals surface area contributed by atoms with Crippen molar-refractivity contribution < 1.29 is 4.79 Å². The second-order valence-electron chi connectivity index (χ2n) is 5.87. The first-order valence-electron chi connectivity index (χ1n) is 7.56. The maximum Gasteiger partial charge on any atom is 0.222 e. The van der Waals surface area contributed by atoms with Gasteiger partial charge in [0.15, 0.2) is 0 Å². The lowest BCUT2D eigenvalue weighted by Crippen LogP contribution is -2.40. The van der Waals surface area contributed by atoms with Gasteiger partial charge in [-0.3, -0.25) is 9.78 Å². The van der Waals surface area contributed by atoms with Crippen molar-refractivity contribution in [3.63, 3.8) is 0 Å². The Hall–Kier alpha value is -1.65. The summed E-state index contributed by atoms with van der Waals surface area (Å²) in [6.45, 7) is 5.96. The van der Waals surface area contributed by atoms with Crippen molar-refractivity contribution in [1.29, 1.82) is 0 Å². The van der Waals surface area contributed by atoms with Crippen molar-refractivity contribution in [3.8, 4) is 0 Å². The van der Waals surface area contributed by atoms with E-state index in [0.717, 1.165) is 44.8 Å². The van der Waals surface area contributed by atoms with Crippen LogP contribution in [-0.4, -0.2) is 47.0 Å². The third-order valence-corrected chi connectivity index (χ3v) is 4.49. The molecule has 1 aromatic rings. The molecule has 0 bridgehead atoms. The van der Waals surface area contributed by atoms with Gasteiger partial charge in [0, 0.05) is 45.0 Å². The highest BCUT2D eigenvalue weighted by molar-refractivity contribution is 5.76. The Balaban J connectivity index is 1.63. The summed E-state index contributed by atoms with van der Waals surface area (Å²) in [5.41, 5.74) is 0. The standard InChI is InChI=1S/C15H22N4O/c1-2-3-15(20)19-9-12-4-7-18(10-13(12)11-19)14-8-16-5-6-17-14/h5-6,8,12-13H,2-4,7,9-11H2,1H3/t12-,13-/m0/s1. The Morgan fingerprint density at radius 3 is 2.90 bits per heavy atom. The molecule has 1 amide bonds. The zero-order valence-electron chi connectivity index (χ0n) is 12.0. The van der Waals surface area contributed by atoms with E-state index in [0.29, 0.717) is 24.2 Å². The summed E-state index contributed by atoms with van der Waals surface area (Å²) in [6.07, 6.45) is 8.06. The lowest BCUT2D eigenvalue weighted by atomic mass is 9.89. The van der Waals surface area contributed by atoms with E-state index in [-0.39, 0.29) is 0 Å². The predicted octanol–water partition coefficient (Wildman–Crippen LogP) is 1.56. The average Bonchev–Trinajstić information content (AvgIpc) is 2.91. The number of hydrogen-bond acceptors (Lipinski definition) is 4. The molecule has 1 aromatic heterocycles. The first-order valence-corrected chi connectivity index (χ1v) is 7.56. The minimum atomic E-state index is 0.327. The molecule has 0 spiro atoms. The molecule has 20 heavy (non-hydrogen) atoms. The van der Waals surface area contributed by atoms with E-state index < -0.39 is 0 Å². The van der Waals surface area contributed by atoms with Crippen molar-refractivity contribution in [2.75, 3.05) is 31.1 Å². The molecule has 2 aliphatic heterocycles. The number of anilines is 1. The monoisotopic (exact) mass is 274 g/mol. The summed E-state index contributed by atoms with van der Waals surface area (Å²) in [7, 11) is 0. The number of rotatable bonds is 3. The zero-order chi connectivity index (χ0) is 13.9. The van der Waals surface area contributed by atoms with Crippen LogP contribution < -0.4 is 4.90 Å². The number of amides is 1. The third-order valence-electron chi connectivity index (χ3n) is 4.49. The van der Waals surface area contributed by atoms with Crippen LogP contribution in [0, 0.1) is 11.8 Å². The molecule has 0 aromatic carbocycles. The second kappa shape index (κ2) is 5.77. The SMILES string of the molecule is CCCC(=O)N1C[C@@H]2CN(c3cnccn3)CC[C@H]2C1. The molecule has 5 heteroatoms. The first kappa shape index (κ1) is 13.3. The van der Waals surface area contributed by atoms with Crippen LogP contribution >= 0.6 is 0 Å². The van der Waals surface area contributed by atoms with Crippen LogP contribution in [0.5, 0.6) is 0 Å². The van der Waals surface area contributed by atoms with Crippen LogP contribution in [-0.2, 0) is 4.79 Å². The number of piperidine rings is 1. The van der Waals surface area contributed by atoms with Crippen molar-refractivity contribution >= 4 is 11.7 Å². The molecule has 2 atom stereocenters. The van der Waals surface area contributed by atoms with E-state index in [4.69, 9.17) is 0 Å². The topological polar surface area (TPSA) is 49.3 Å². The van der Waals surface area contributed by atoms with Crippen LogP contribution in [0.1, 0.15) is 26.2 Å². The van der Waals surface area contributed by atoms with E-state index in [2.05, 4.69) is 26.7 Å². The number of carbonyl (C=O) groups excluding carboxylic acids is 1. The third kappa shape index (κ3) is 2.62.